The van der Waals surface area contributed by atoms with Gasteiger partial charge in [0.1, 0.15) is 0 Å². The van der Waals surface area contributed by atoms with Crippen LogP contribution in [0.2, 0.25) is 0 Å². The molecule has 1 aromatic carbocycles. The first kappa shape index (κ1) is 12.3. The molecular formula is C16H19NO2. The second-order valence-electron chi connectivity index (χ2n) is 5.54. The highest BCUT2D eigenvalue weighted by molar-refractivity contribution is 5.87. The van der Waals surface area contributed by atoms with Gasteiger partial charge in [-0.15, -0.1) is 0 Å². The zero-order chi connectivity index (χ0) is 13.2. The zero-order valence-corrected chi connectivity index (χ0v) is 11.0. The molecule has 1 aliphatic rings. The van der Waals surface area contributed by atoms with E-state index >= 15 is 0 Å². The van der Waals surface area contributed by atoms with Crippen LogP contribution in [0.3, 0.4) is 0 Å². The molecule has 0 atom stereocenters. The monoisotopic (exact) mass is 257 g/mol. The van der Waals surface area contributed by atoms with Crippen LogP contribution in [0.25, 0.3) is 10.9 Å². The van der Waals surface area contributed by atoms with Crippen LogP contribution in [0.5, 0.6) is 0 Å². The third-order valence-corrected chi connectivity index (χ3v) is 4.14. The Labute approximate surface area is 112 Å². The molecule has 1 heterocycles. The van der Waals surface area contributed by atoms with E-state index < -0.39 is 5.97 Å². The Morgan fingerprint density at radius 2 is 2.00 bits per heavy atom. The molecule has 0 aliphatic heterocycles. The Morgan fingerprint density at radius 3 is 2.74 bits per heavy atom. The van der Waals surface area contributed by atoms with E-state index in [9.17, 15) is 4.79 Å². The maximum absolute atomic E-state index is 11.0. The average Bonchev–Trinajstić information content (AvgIpc) is 2.99. The molecule has 1 aliphatic carbocycles. The number of aromatic nitrogens is 1. The molecule has 1 fully saturated rings. The van der Waals surface area contributed by atoms with Gasteiger partial charge in [0.15, 0.2) is 0 Å². The molecule has 0 radical (unpaired) electrons. The van der Waals surface area contributed by atoms with E-state index in [1.54, 1.807) is 0 Å². The molecule has 3 rings (SSSR count). The Hall–Kier alpha value is -1.77. The summed E-state index contributed by atoms with van der Waals surface area (Å²) in [5.41, 5.74) is 2.10. The SMILES string of the molecule is O=C(O)Cc1cn(CC2CCCC2)c2ccccc12. The lowest BCUT2D eigenvalue weighted by Gasteiger charge is -2.11. The van der Waals surface area contributed by atoms with E-state index in [-0.39, 0.29) is 6.42 Å². The van der Waals surface area contributed by atoms with Crippen molar-refractivity contribution >= 4 is 16.9 Å². The third-order valence-electron chi connectivity index (χ3n) is 4.14. The number of rotatable bonds is 4. The average molecular weight is 257 g/mol. The van der Waals surface area contributed by atoms with Crippen molar-refractivity contribution in [3.05, 3.63) is 36.0 Å². The second-order valence-corrected chi connectivity index (χ2v) is 5.54. The van der Waals surface area contributed by atoms with Gasteiger partial charge < -0.3 is 9.67 Å². The number of carboxylic acids is 1. The smallest absolute Gasteiger partial charge is 0.307 e. The van der Waals surface area contributed by atoms with Crippen LogP contribution in [0.1, 0.15) is 31.2 Å². The first-order chi connectivity index (χ1) is 9.24. The number of fused-ring (bicyclic) bond motifs is 1. The minimum absolute atomic E-state index is 0.109. The normalized spacial score (nSPS) is 16.2. The van der Waals surface area contributed by atoms with Gasteiger partial charge in [-0.05, 0) is 30.4 Å². The van der Waals surface area contributed by atoms with Crippen molar-refractivity contribution in [1.82, 2.24) is 4.57 Å². The van der Waals surface area contributed by atoms with Crippen molar-refractivity contribution in [2.24, 2.45) is 5.92 Å². The Balaban J connectivity index is 1.96. The number of carbonyl (C=O) groups is 1. The molecule has 0 saturated heterocycles. The maximum atomic E-state index is 11.0. The van der Waals surface area contributed by atoms with Gasteiger partial charge in [0.25, 0.3) is 0 Å². The minimum Gasteiger partial charge on any atom is -0.481 e. The van der Waals surface area contributed by atoms with Crippen molar-refractivity contribution in [2.75, 3.05) is 0 Å². The van der Waals surface area contributed by atoms with E-state index in [2.05, 4.69) is 10.6 Å². The predicted molar refractivity (Wildman–Crippen MR) is 75.2 cm³/mol. The highest BCUT2D eigenvalue weighted by atomic mass is 16.4. The molecule has 3 nitrogen and oxygen atoms in total. The van der Waals surface area contributed by atoms with Gasteiger partial charge in [-0.1, -0.05) is 31.0 Å². The van der Waals surface area contributed by atoms with E-state index in [0.29, 0.717) is 0 Å². The third kappa shape index (κ3) is 2.50. The predicted octanol–water partition coefficient (Wildman–Crippen LogP) is 3.46. The van der Waals surface area contributed by atoms with E-state index in [0.717, 1.165) is 23.4 Å². The van der Waals surface area contributed by atoms with Gasteiger partial charge in [-0.25, -0.2) is 0 Å². The molecule has 2 aromatic rings. The van der Waals surface area contributed by atoms with Crippen molar-refractivity contribution in [1.29, 1.82) is 0 Å². The first-order valence-electron chi connectivity index (χ1n) is 7.02. The maximum Gasteiger partial charge on any atom is 0.307 e. The summed E-state index contributed by atoms with van der Waals surface area (Å²) in [6.45, 7) is 1.03. The highest BCUT2D eigenvalue weighted by Gasteiger charge is 2.18. The molecule has 1 aromatic heterocycles. The Morgan fingerprint density at radius 1 is 1.26 bits per heavy atom. The molecule has 1 saturated carbocycles. The number of nitrogens with zero attached hydrogens (tertiary/aromatic N) is 1. The van der Waals surface area contributed by atoms with Crippen LogP contribution >= 0.6 is 0 Å². The van der Waals surface area contributed by atoms with Gasteiger partial charge >= 0.3 is 5.97 Å². The van der Waals surface area contributed by atoms with Crippen molar-refractivity contribution in [3.63, 3.8) is 0 Å². The van der Waals surface area contributed by atoms with Gasteiger partial charge in [-0.3, -0.25) is 4.79 Å². The molecule has 1 N–H and O–H groups in total. The van der Waals surface area contributed by atoms with Gasteiger partial charge in [0, 0.05) is 23.6 Å². The lowest BCUT2D eigenvalue weighted by Crippen LogP contribution is -2.06. The highest BCUT2D eigenvalue weighted by Crippen LogP contribution is 2.29. The first-order valence-corrected chi connectivity index (χ1v) is 7.02. The van der Waals surface area contributed by atoms with E-state index in [4.69, 9.17) is 5.11 Å². The summed E-state index contributed by atoms with van der Waals surface area (Å²) in [7, 11) is 0. The fourth-order valence-electron chi connectivity index (χ4n) is 3.25. The molecule has 0 spiro atoms. The van der Waals surface area contributed by atoms with Crippen molar-refractivity contribution < 1.29 is 9.90 Å². The van der Waals surface area contributed by atoms with Crippen LogP contribution in [0.4, 0.5) is 0 Å². The molecule has 0 bridgehead atoms. The summed E-state index contributed by atoms with van der Waals surface area (Å²) in [5.74, 6) is -0.00254. The minimum atomic E-state index is -0.760. The van der Waals surface area contributed by atoms with Gasteiger partial charge in [0.05, 0.1) is 6.42 Å². The quantitative estimate of drug-likeness (QED) is 0.911. The number of benzene rings is 1. The summed E-state index contributed by atoms with van der Waals surface area (Å²) < 4.78 is 2.25. The summed E-state index contributed by atoms with van der Waals surface area (Å²) in [6, 6.07) is 8.13. The number of hydrogen-bond acceptors (Lipinski definition) is 1. The molecule has 19 heavy (non-hydrogen) atoms. The molecular weight excluding hydrogens is 238 g/mol. The van der Waals surface area contributed by atoms with Crippen LogP contribution in [-0.2, 0) is 17.8 Å². The van der Waals surface area contributed by atoms with Crippen LogP contribution in [-0.4, -0.2) is 15.6 Å². The number of para-hydroxylation sites is 1. The topological polar surface area (TPSA) is 42.2 Å². The number of carboxylic acid groups (broad SMARTS) is 1. The summed E-state index contributed by atoms with van der Waals surface area (Å²) >= 11 is 0. The Kier molecular flexibility index (Phi) is 3.28. The van der Waals surface area contributed by atoms with Crippen molar-refractivity contribution in [3.8, 4) is 0 Å². The lowest BCUT2D eigenvalue weighted by molar-refractivity contribution is -0.136. The van der Waals surface area contributed by atoms with Gasteiger partial charge in [-0.2, -0.15) is 0 Å². The molecule has 3 heteroatoms. The fraction of sp³-hybridized carbons (Fsp3) is 0.438. The molecule has 0 amide bonds. The molecule has 100 valence electrons. The van der Waals surface area contributed by atoms with Crippen LogP contribution in [0.15, 0.2) is 30.5 Å². The largest absolute Gasteiger partial charge is 0.481 e. The zero-order valence-electron chi connectivity index (χ0n) is 11.0. The fourth-order valence-corrected chi connectivity index (χ4v) is 3.25. The molecule has 0 unspecified atom stereocenters. The number of hydrogen-bond donors (Lipinski definition) is 1. The summed E-state index contributed by atoms with van der Waals surface area (Å²) in [6.07, 6.45) is 7.44. The second kappa shape index (κ2) is 5.08. The van der Waals surface area contributed by atoms with Gasteiger partial charge in [0.2, 0.25) is 0 Å². The number of aliphatic carboxylic acids is 1. The van der Waals surface area contributed by atoms with E-state index in [1.165, 1.54) is 31.2 Å². The van der Waals surface area contributed by atoms with Crippen LogP contribution in [0, 0.1) is 5.92 Å². The standard InChI is InChI=1S/C16H19NO2/c18-16(19)9-13-11-17(10-12-5-1-2-6-12)15-8-4-3-7-14(13)15/h3-4,7-8,11-12H,1-2,5-6,9-10H2,(H,18,19). The lowest BCUT2D eigenvalue weighted by atomic mass is 10.1. The van der Waals surface area contributed by atoms with Crippen LogP contribution < -0.4 is 0 Å². The Bertz CT molecular complexity index is 594. The summed E-state index contributed by atoms with van der Waals surface area (Å²) in [5, 5.41) is 10.1. The summed E-state index contributed by atoms with van der Waals surface area (Å²) in [4.78, 5) is 11.0. The van der Waals surface area contributed by atoms with E-state index in [1.807, 2.05) is 24.4 Å². The van der Waals surface area contributed by atoms with Crippen molar-refractivity contribution in [2.45, 2.75) is 38.6 Å².